The molecule has 0 amide bonds. The van der Waals surface area contributed by atoms with Gasteiger partial charge >= 0.3 is 64.9 Å². The first-order chi connectivity index (χ1) is 6.77. The molecule has 0 unspecified atom stereocenters. The molecule has 0 N–H and O–H groups in total. The van der Waals surface area contributed by atoms with E-state index in [1.54, 1.807) is 6.92 Å². The Kier molecular flexibility index (Phi) is 38.2. The number of ketones is 1. The van der Waals surface area contributed by atoms with Crippen LogP contribution in [0, 0.1) is 17.2 Å². The van der Waals surface area contributed by atoms with Crippen molar-refractivity contribution in [2.24, 2.45) is 5.92 Å². The van der Waals surface area contributed by atoms with E-state index >= 15 is 0 Å². The number of carbonyl (C=O) groups excluding carboxylic acids is 1. The molecule has 0 fully saturated rings. The van der Waals surface area contributed by atoms with Crippen LogP contribution in [0.1, 0.15) is 40.5 Å². The van der Waals surface area contributed by atoms with Gasteiger partial charge in [0.15, 0.2) is 0 Å². The summed E-state index contributed by atoms with van der Waals surface area (Å²) in [6, 6.07) is 2.03. The largest absolute Gasteiger partial charge is 0 e. The van der Waals surface area contributed by atoms with Crippen LogP contribution in [0.2, 0.25) is 0 Å². The van der Waals surface area contributed by atoms with Crippen LogP contribution in [0.15, 0.2) is 0 Å². The van der Waals surface area contributed by atoms with E-state index in [9.17, 15) is 4.79 Å². The number of hydrogen-bond acceptors (Lipinski definition) is 2. The van der Waals surface area contributed by atoms with Crippen molar-refractivity contribution < 1.29 is 28.3 Å². The minimum absolute atomic E-state index is 0. The van der Waals surface area contributed by atoms with Gasteiger partial charge in [-0.2, -0.15) is 5.26 Å². The van der Waals surface area contributed by atoms with Gasteiger partial charge in [0.1, 0.15) is 5.78 Å². The predicted octanol–water partition coefficient (Wildman–Crippen LogP) is 5.19. The van der Waals surface area contributed by atoms with Gasteiger partial charge in [0, 0.05) is 30.9 Å². The number of hydrogen-bond donors (Lipinski definition) is 0. The molecule has 7 heteroatoms. The van der Waals surface area contributed by atoms with E-state index in [1.807, 2.05) is 26.8 Å². The molecular formula is C9H17I3NOV2. The van der Waals surface area contributed by atoms with Gasteiger partial charge in [0.2, 0.25) is 0 Å². The number of nitrogens with zero attached hydrogens (tertiary/aromatic N) is 1. The summed E-state index contributed by atoms with van der Waals surface area (Å²) in [6.07, 6.45) is 1.72. The van der Waals surface area contributed by atoms with Crippen molar-refractivity contribution in [3.63, 3.8) is 0 Å². The number of rotatable bonds is 2. The molecular weight excluding hydrogens is 621 g/mol. The van der Waals surface area contributed by atoms with Gasteiger partial charge < -0.3 is 4.79 Å². The Bertz CT molecular complexity index is 181. The van der Waals surface area contributed by atoms with Crippen molar-refractivity contribution in [2.45, 2.75) is 40.5 Å². The molecule has 16 heavy (non-hydrogen) atoms. The van der Waals surface area contributed by atoms with Gasteiger partial charge in [-0.25, -0.2) is 0 Å². The summed E-state index contributed by atoms with van der Waals surface area (Å²) in [5.41, 5.74) is 0. The van der Waals surface area contributed by atoms with Crippen LogP contribution in [-0.2, 0) is 28.3 Å². The Labute approximate surface area is 149 Å². The predicted molar refractivity (Wildman–Crippen MR) is 88.1 cm³/mol. The van der Waals surface area contributed by atoms with E-state index in [0.717, 1.165) is 12.8 Å². The molecule has 0 aliphatic carbocycles. The van der Waals surface area contributed by atoms with Crippen LogP contribution < -0.4 is 0 Å². The average molecular weight is 638 g/mol. The summed E-state index contributed by atoms with van der Waals surface area (Å²) in [4.78, 5) is 9.77. The van der Waals surface area contributed by atoms with Crippen LogP contribution in [0.5, 0.6) is 0 Å². The van der Waals surface area contributed by atoms with Crippen LogP contribution in [0.3, 0.4) is 0 Å². The van der Waals surface area contributed by atoms with Crippen molar-refractivity contribution in [2.75, 3.05) is 0 Å². The Morgan fingerprint density at radius 1 is 1.38 bits per heavy atom. The van der Waals surface area contributed by atoms with Crippen LogP contribution in [-0.4, -0.2) is 5.78 Å². The summed E-state index contributed by atoms with van der Waals surface area (Å²) < 4.78 is 0. The first-order valence-electron chi connectivity index (χ1n) is 4.44. The second-order valence-corrected chi connectivity index (χ2v) is 38.3. The maximum absolute atomic E-state index is 10.0. The third-order valence-corrected chi connectivity index (χ3v) is 0.860. The molecule has 0 saturated carbocycles. The van der Waals surface area contributed by atoms with Gasteiger partial charge in [0.05, 0.1) is 6.07 Å². The second kappa shape index (κ2) is 22.7. The summed E-state index contributed by atoms with van der Waals surface area (Å²) in [5.74, 6) is 0.479. The van der Waals surface area contributed by atoms with Crippen LogP contribution >= 0.6 is 59.9 Å². The van der Waals surface area contributed by atoms with E-state index in [-0.39, 0.29) is 35.2 Å². The fourth-order valence-corrected chi connectivity index (χ4v) is 0.352. The molecule has 95 valence electrons. The molecule has 0 aromatic rings. The topological polar surface area (TPSA) is 40.9 Å². The Hall–Kier alpha value is 2.52. The van der Waals surface area contributed by atoms with Crippen molar-refractivity contribution in [3.8, 4) is 6.07 Å². The Morgan fingerprint density at radius 3 is 1.62 bits per heavy atom. The molecule has 2 nitrogen and oxygen atoms in total. The molecule has 1 radical (unpaired) electrons. The Morgan fingerprint density at radius 2 is 1.62 bits per heavy atom. The van der Waals surface area contributed by atoms with Crippen molar-refractivity contribution >= 4 is 65.7 Å². The number of halogens is 3. The van der Waals surface area contributed by atoms with E-state index in [2.05, 4.69) is 59.9 Å². The van der Waals surface area contributed by atoms with Crippen LogP contribution in [0.4, 0.5) is 0 Å². The minimum Gasteiger partial charge on any atom is 0 e. The minimum atomic E-state index is -0.278. The van der Waals surface area contributed by atoms with Gasteiger partial charge in [-0.3, -0.25) is 0 Å². The SMILES string of the molecule is CC(C)C#N.CCCC(C)=O.[I][V]([I])[I].[V]. The summed E-state index contributed by atoms with van der Waals surface area (Å²) in [7, 11) is 0. The Balaban J connectivity index is -0.0000000668. The van der Waals surface area contributed by atoms with Crippen LogP contribution in [0.25, 0.3) is 0 Å². The number of nitriles is 1. The standard InChI is InChI=1S/C5H10O.C4H7N.3HI.2V/c1-3-4-5(2)6;1-4(2)3-5;;;;;/h3-4H2,1-2H3;4H,1-2H3;3*1H;;/q;;;;;;+3/p-3. The molecule has 0 spiro atoms. The molecule has 0 heterocycles. The molecule has 0 bridgehead atoms. The van der Waals surface area contributed by atoms with Crippen molar-refractivity contribution in [1.82, 2.24) is 0 Å². The second-order valence-electron chi connectivity index (χ2n) is 2.93. The zero-order valence-corrected chi connectivity index (χ0v) is 19.1. The fraction of sp³-hybridized carbons (Fsp3) is 0.778. The smallest absolute Gasteiger partial charge is 0 e. The molecule has 0 saturated heterocycles. The summed E-state index contributed by atoms with van der Waals surface area (Å²) in [6.45, 7) is 7.34. The normalized spacial score (nSPS) is 7.75. The summed E-state index contributed by atoms with van der Waals surface area (Å²) in [5, 5.41) is 7.89. The zero-order valence-electron chi connectivity index (χ0n) is 9.88. The van der Waals surface area contributed by atoms with Crippen molar-refractivity contribution in [3.05, 3.63) is 0 Å². The maximum atomic E-state index is 10.0. The summed E-state index contributed by atoms with van der Waals surface area (Å²) >= 11 is 7.39. The average Bonchev–Trinajstić information content (AvgIpc) is 2.03. The zero-order chi connectivity index (χ0) is 12.9. The molecule has 0 aliphatic rings. The van der Waals surface area contributed by atoms with Crippen molar-refractivity contribution in [1.29, 1.82) is 5.26 Å². The quantitative estimate of drug-likeness (QED) is 0.391. The first kappa shape index (κ1) is 27.0. The molecule has 0 aromatic heterocycles. The van der Waals surface area contributed by atoms with E-state index in [1.165, 1.54) is 0 Å². The number of carbonyl (C=O) groups is 1. The van der Waals surface area contributed by atoms with E-state index in [0.29, 0.717) is 0 Å². The molecule has 0 aliphatic heterocycles. The van der Waals surface area contributed by atoms with E-state index in [4.69, 9.17) is 5.26 Å². The van der Waals surface area contributed by atoms with E-state index < -0.39 is 0 Å². The first-order valence-corrected chi connectivity index (χ1v) is 18.0. The number of Topliss-reactive ketones (excluding diaryl/α,β-unsaturated/α-hetero) is 1. The monoisotopic (exact) mass is 638 g/mol. The third-order valence-electron chi connectivity index (χ3n) is 0.860. The maximum Gasteiger partial charge on any atom is 0 e. The fourth-order valence-electron chi connectivity index (χ4n) is 0.352. The third kappa shape index (κ3) is 70.4. The molecule has 0 rings (SSSR count). The van der Waals surface area contributed by atoms with Gasteiger partial charge in [0.25, 0.3) is 0 Å². The van der Waals surface area contributed by atoms with Gasteiger partial charge in [-0.1, -0.05) is 6.92 Å². The molecule has 0 aromatic carbocycles. The molecule has 0 atom stereocenters. The van der Waals surface area contributed by atoms with Gasteiger partial charge in [-0.05, 0) is 27.2 Å². The van der Waals surface area contributed by atoms with Gasteiger partial charge in [-0.15, -0.1) is 0 Å².